The fourth-order valence-electron chi connectivity index (χ4n) is 1.03. The Kier molecular flexibility index (Phi) is 2.72. The number of hydrogen-bond acceptors (Lipinski definition) is 5. The topological polar surface area (TPSA) is 80.1 Å². The molecule has 0 aliphatic rings. The van der Waals surface area contributed by atoms with Gasteiger partial charge in [-0.05, 0) is 0 Å². The van der Waals surface area contributed by atoms with E-state index in [0.29, 0.717) is 12.4 Å². The number of aliphatic carboxylic acids is 1. The van der Waals surface area contributed by atoms with E-state index in [4.69, 9.17) is 9.52 Å². The van der Waals surface area contributed by atoms with Crippen molar-refractivity contribution in [2.75, 3.05) is 0 Å². The van der Waals surface area contributed by atoms with Gasteiger partial charge < -0.3 is 9.52 Å². The van der Waals surface area contributed by atoms with E-state index in [1.54, 1.807) is 17.1 Å². The van der Waals surface area contributed by atoms with Crippen molar-refractivity contribution >= 4 is 17.5 Å². The van der Waals surface area contributed by atoms with Crippen molar-refractivity contribution in [3.63, 3.8) is 0 Å². The SMILES string of the molecule is O=C(O)CC[n+]1cc(-c2ncco2)sn1. The first-order chi connectivity index (χ1) is 7.25. The first kappa shape index (κ1) is 9.78. The summed E-state index contributed by atoms with van der Waals surface area (Å²) in [6, 6.07) is 0. The smallest absolute Gasteiger partial charge is 0.309 e. The maximum absolute atomic E-state index is 10.3. The Morgan fingerprint density at radius 1 is 1.67 bits per heavy atom. The molecule has 78 valence electrons. The van der Waals surface area contributed by atoms with Gasteiger partial charge >= 0.3 is 5.97 Å². The fourth-order valence-corrected chi connectivity index (χ4v) is 1.70. The van der Waals surface area contributed by atoms with Crippen molar-refractivity contribution in [2.24, 2.45) is 0 Å². The Bertz CT molecular complexity index is 451. The van der Waals surface area contributed by atoms with Crippen molar-refractivity contribution in [3.05, 3.63) is 18.7 Å². The van der Waals surface area contributed by atoms with Gasteiger partial charge in [0.1, 0.15) is 12.7 Å². The van der Waals surface area contributed by atoms with Crippen LogP contribution in [0.4, 0.5) is 0 Å². The zero-order valence-electron chi connectivity index (χ0n) is 7.66. The van der Waals surface area contributed by atoms with Crippen LogP contribution < -0.4 is 4.68 Å². The average molecular weight is 226 g/mol. The number of aryl methyl sites for hydroxylation is 1. The van der Waals surface area contributed by atoms with Gasteiger partial charge in [0.2, 0.25) is 12.1 Å². The summed E-state index contributed by atoms with van der Waals surface area (Å²) in [7, 11) is 0. The van der Waals surface area contributed by atoms with Gasteiger partial charge in [0.25, 0.3) is 0 Å². The van der Waals surface area contributed by atoms with E-state index in [9.17, 15) is 4.79 Å². The molecule has 0 spiro atoms. The number of aromatic nitrogens is 3. The fraction of sp³-hybridized carbons (Fsp3) is 0.250. The van der Waals surface area contributed by atoms with Gasteiger partial charge in [-0.1, -0.05) is 4.68 Å². The van der Waals surface area contributed by atoms with Crippen LogP contribution in [0.2, 0.25) is 0 Å². The number of nitrogens with zero attached hydrogens (tertiary/aromatic N) is 3. The normalized spacial score (nSPS) is 10.4. The van der Waals surface area contributed by atoms with Crippen LogP contribution in [0.5, 0.6) is 0 Å². The Hall–Kier alpha value is -1.76. The van der Waals surface area contributed by atoms with Crippen molar-refractivity contribution < 1.29 is 19.0 Å². The zero-order chi connectivity index (χ0) is 10.7. The molecular formula is C8H8N3O3S+. The van der Waals surface area contributed by atoms with Gasteiger partial charge in [0.15, 0.2) is 11.4 Å². The molecule has 0 bridgehead atoms. The van der Waals surface area contributed by atoms with Gasteiger partial charge in [-0.2, -0.15) is 0 Å². The van der Waals surface area contributed by atoms with Crippen molar-refractivity contribution in [3.8, 4) is 10.8 Å². The van der Waals surface area contributed by atoms with Crippen molar-refractivity contribution in [2.45, 2.75) is 13.0 Å². The van der Waals surface area contributed by atoms with Crippen LogP contribution in [0.25, 0.3) is 10.8 Å². The zero-order valence-corrected chi connectivity index (χ0v) is 8.48. The molecule has 0 amide bonds. The van der Waals surface area contributed by atoms with Crippen LogP contribution in [0, 0.1) is 0 Å². The summed E-state index contributed by atoms with van der Waals surface area (Å²) in [6.45, 7) is 0.354. The Labute approximate surface area is 89.0 Å². The number of carboxylic acids is 1. The van der Waals surface area contributed by atoms with Crippen molar-refractivity contribution in [1.29, 1.82) is 0 Å². The van der Waals surface area contributed by atoms with E-state index in [2.05, 4.69) is 9.47 Å². The third-order valence-electron chi connectivity index (χ3n) is 1.71. The largest absolute Gasteiger partial charge is 0.481 e. The average Bonchev–Trinajstić information content (AvgIpc) is 2.85. The van der Waals surface area contributed by atoms with Crippen LogP contribution in [0.1, 0.15) is 6.42 Å². The van der Waals surface area contributed by atoms with E-state index in [0.717, 1.165) is 4.88 Å². The van der Waals surface area contributed by atoms with Gasteiger partial charge in [0.05, 0.1) is 10.7 Å². The lowest BCUT2D eigenvalue weighted by molar-refractivity contribution is -0.745. The quantitative estimate of drug-likeness (QED) is 0.770. The summed E-state index contributed by atoms with van der Waals surface area (Å²) in [5, 5.41) is 8.50. The second-order valence-electron chi connectivity index (χ2n) is 2.81. The molecule has 6 nitrogen and oxygen atoms in total. The lowest BCUT2D eigenvalue weighted by Crippen LogP contribution is -2.35. The number of hydrogen-bond donors (Lipinski definition) is 1. The van der Waals surface area contributed by atoms with Gasteiger partial charge in [-0.15, -0.1) is 0 Å². The molecule has 2 rings (SSSR count). The highest BCUT2D eigenvalue weighted by Gasteiger charge is 2.15. The van der Waals surface area contributed by atoms with Crippen LogP contribution in [0.15, 0.2) is 23.1 Å². The minimum Gasteiger partial charge on any atom is -0.481 e. The molecule has 7 heteroatoms. The standard InChI is InChI=1S/C8H7N3O3S/c12-7(13)1-3-11-5-6(15-10-11)8-9-2-4-14-8/h2,4-5H,1,3H2/p+1. The molecule has 0 aliphatic carbocycles. The third kappa shape index (κ3) is 2.38. The molecule has 2 aromatic heterocycles. The maximum Gasteiger partial charge on any atom is 0.309 e. The lowest BCUT2D eigenvalue weighted by atomic mass is 10.4. The van der Waals surface area contributed by atoms with E-state index in [1.807, 2.05) is 0 Å². The minimum atomic E-state index is -0.840. The summed E-state index contributed by atoms with van der Waals surface area (Å²) < 4.78 is 10.7. The molecule has 2 heterocycles. The highest BCUT2D eigenvalue weighted by molar-refractivity contribution is 7.08. The molecule has 0 radical (unpaired) electrons. The summed E-state index contributed by atoms with van der Waals surface area (Å²) in [5.41, 5.74) is 0. The van der Waals surface area contributed by atoms with E-state index in [1.165, 1.54) is 17.8 Å². The molecule has 0 aliphatic heterocycles. The van der Waals surface area contributed by atoms with Crippen LogP contribution in [0.3, 0.4) is 0 Å². The minimum absolute atomic E-state index is 0.0550. The summed E-state index contributed by atoms with van der Waals surface area (Å²) in [4.78, 5) is 15.1. The van der Waals surface area contributed by atoms with Gasteiger partial charge in [-0.3, -0.25) is 4.79 Å². The molecule has 0 saturated heterocycles. The predicted octanol–water partition coefficient (Wildman–Crippen LogP) is 0.560. The molecular weight excluding hydrogens is 218 g/mol. The monoisotopic (exact) mass is 226 g/mol. The van der Waals surface area contributed by atoms with E-state index >= 15 is 0 Å². The highest BCUT2D eigenvalue weighted by atomic mass is 32.1. The summed E-state index contributed by atoms with van der Waals surface area (Å²) in [5.74, 6) is -0.338. The Morgan fingerprint density at radius 3 is 3.20 bits per heavy atom. The molecule has 0 atom stereocenters. The number of oxazole rings is 1. The third-order valence-corrected chi connectivity index (χ3v) is 2.48. The lowest BCUT2D eigenvalue weighted by Gasteiger charge is -1.84. The molecule has 15 heavy (non-hydrogen) atoms. The maximum atomic E-state index is 10.3. The number of rotatable bonds is 4. The second-order valence-corrected chi connectivity index (χ2v) is 3.60. The summed E-state index contributed by atoms with van der Waals surface area (Å²) in [6.07, 6.45) is 4.81. The van der Waals surface area contributed by atoms with Crippen LogP contribution in [-0.4, -0.2) is 20.5 Å². The highest BCUT2D eigenvalue weighted by Crippen LogP contribution is 2.17. The van der Waals surface area contributed by atoms with Crippen LogP contribution in [-0.2, 0) is 11.3 Å². The molecule has 0 aromatic carbocycles. The predicted molar refractivity (Wildman–Crippen MR) is 50.1 cm³/mol. The number of carbonyl (C=O) groups is 1. The first-order valence-corrected chi connectivity index (χ1v) is 5.01. The van der Waals surface area contributed by atoms with Crippen molar-refractivity contribution in [1.82, 2.24) is 9.47 Å². The van der Waals surface area contributed by atoms with Gasteiger partial charge in [-0.25, -0.2) is 4.98 Å². The summed E-state index contributed by atoms with van der Waals surface area (Å²) >= 11 is 1.22. The van der Waals surface area contributed by atoms with E-state index < -0.39 is 5.97 Å². The molecule has 2 aromatic rings. The molecule has 0 fully saturated rings. The Morgan fingerprint density at radius 2 is 2.53 bits per heavy atom. The molecule has 0 unspecified atom stereocenters. The van der Waals surface area contributed by atoms with E-state index in [-0.39, 0.29) is 6.42 Å². The Balaban J connectivity index is 2.08. The van der Waals surface area contributed by atoms with Crippen LogP contribution >= 0.6 is 11.5 Å². The second kappa shape index (κ2) is 4.18. The first-order valence-electron chi connectivity index (χ1n) is 4.24. The molecule has 1 N–H and O–H groups in total. The van der Waals surface area contributed by atoms with Gasteiger partial charge in [0, 0.05) is 11.5 Å². The number of carboxylic acid groups (broad SMARTS) is 1. The molecule has 0 saturated carbocycles.